The Labute approximate surface area is 164 Å². The van der Waals surface area contributed by atoms with Gasteiger partial charge in [-0.25, -0.2) is 13.2 Å². The third kappa shape index (κ3) is 4.26. The smallest absolute Gasteiger partial charge is 0.274 e. The molecule has 0 spiro atoms. The molecule has 3 aromatic rings. The van der Waals surface area contributed by atoms with E-state index >= 15 is 0 Å². The van der Waals surface area contributed by atoms with Crippen molar-refractivity contribution in [2.24, 2.45) is 0 Å². The first-order valence-electron chi connectivity index (χ1n) is 8.56. The van der Waals surface area contributed by atoms with Gasteiger partial charge in [-0.15, -0.1) is 0 Å². The molecule has 5 nitrogen and oxygen atoms in total. The lowest BCUT2D eigenvalue weighted by molar-refractivity contribution is 0.102. The van der Waals surface area contributed by atoms with Crippen molar-refractivity contribution < 1.29 is 22.8 Å². The molecule has 3 rings (SSSR count). The number of benzene rings is 2. The molecule has 148 valence electrons. The normalized spacial score (nSPS) is 10.5. The molecule has 1 aromatic heterocycles. The molecule has 0 unspecified atom stereocenters. The monoisotopic (exact) mass is 399 g/mol. The van der Waals surface area contributed by atoms with Crippen LogP contribution in [-0.4, -0.2) is 16.8 Å². The van der Waals surface area contributed by atoms with Crippen molar-refractivity contribution >= 4 is 23.2 Å². The Balaban J connectivity index is 1.80. The second-order valence-electron chi connectivity index (χ2n) is 6.31. The molecule has 2 N–H and O–H groups in total. The summed E-state index contributed by atoms with van der Waals surface area (Å²) >= 11 is 0. The second-order valence-corrected chi connectivity index (χ2v) is 6.31. The van der Waals surface area contributed by atoms with Crippen LogP contribution in [0.1, 0.15) is 32.0 Å². The van der Waals surface area contributed by atoms with Crippen LogP contribution >= 0.6 is 0 Å². The van der Waals surface area contributed by atoms with Gasteiger partial charge in [0.15, 0.2) is 17.5 Å². The van der Waals surface area contributed by atoms with Gasteiger partial charge < -0.3 is 10.6 Å². The Morgan fingerprint density at radius 3 is 2.34 bits per heavy atom. The van der Waals surface area contributed by atoms with Crippen LogP contribution in [0.3, 0.4) is 0 Å². The van der Waals surface area contributed by atoms with Gasteiger partial charge in [0, 0.05) is 17.4 Å². The number of amides is 2. The number of halogens is 3. The SMILES string of the molecule is Cc1cccc(NC(=O)c2ccnc(C(=O)Nc3ccc(F)c(F)c3F)c2)c1C. The highest BCUT2D eigenvalue weighted by Crippen LogP contribution is 2.21. The van der Waals surface area contributed by atoms with Gasteiger partial charge in [0.2, 0.25) is 0 Å². The maximum absolute atomic E-state index is 13.7. The predicted octanol–water partition coefficient (Wildman–Crippen LogP) is 4.62. The zero-order chi connectivity index (χ0) is 21.1. The Bertz CT molecular complexity index is 1120. The van der Waals surface area contributed by atoms with Crippen molar-refractivity contribution in [3.05, 3.63) is 88.5 Å². The topological polar surface area (TPSA) is 71.1 Å². The summed E-state index contributed by atoms with van der Waals surface area (Å²) in [6.07, 6.45) is 1.24. The van der Waals surface area contributed by atoms with Crippen LogP contribution in [0.2, 0.25) is 0 Å². The number of rotatable bonds is 4. The van der Waals surface area contributed by atoms with Gasteiger partial charge in [0.25, 0.3) is 11.8 Å². The molecule has 0 fully saturated rings. The fraction of sp³-hybridized carbons (Fsp3) is 0.0952. The van der Waals surface area contributed by atoms with Gasteiger partial charge >= 0.3 is 0 Å². The summed E-state index contributed by atoms with van der Waals surface area (Å²) < 4.78 is 40.1. The lowest BCUT2D eigenvalue weighted by atomic mass is 10.1. The Morgan fingerprint density at radius 1 is 0.862 bits per heavy atom. The first-order valence-corrected chi connectivity index (χ1v) is 8.56. The zero-order valence-electron chi connectivity index (χ0n) is 15.5. The van der Waals surface area contributed by atoms with Crippen LogP contribution in [0, 0.1) is 31.3 Å². The van der Waals surface area contributed by atoms with Gasteiger partial charge in [-0.3, -0.25) is 14.6 Å². The van der Waals surface area contributed by atoms with E-state index in [0.29, 0.717) is 11.8 Å². The highest BCUT2D eigenvalue weighted by atomic mass is 19.2. The van der Waals surface area contributed by atoms with Crippen LogP contribution in [0.4, 0.5) is 24.5 Å². The zero-order valence-corrected chi connectivity index (χ0v) is 15.5. The standard InChI is InChI=1S/C21H16F3N3O2/c1-11-4-3-5-15(12(11)2)26-20(28)13-8-9-25-17(10-13)21(29)27-16-7-6-14(22)18(23)19(16)24/h3-10H,1-2H3,(H,26,28)(H,27,29). The van der Waals surface area contributed by atoms with Crippen LogP contribution in [0.15, 0.2) is 48.7 Å². The minimum absolute atomic E-state index is 0.150. The quantitative estimate of drug-likeness (QED) is 0.629. The summed E-state index contributed by atoms with van der Waals surface area (Å²) in [7, 11) is 0. The van der Waals surface area contributed by atoms with E-state index in [0.717, 1.165) is 17.2 Å². The molecule has 0 radical (unpaired) electrons. The van der Waals surface area contributed by atoms with Gasteiger partial charge in [-0.1, -0.05) is 12.1 Å². The molecule has 1 heterocycles. The van der Waals surface area contributed by atoms with E-state index in [1.54, 1.807) is 12.1 Å². The van der Waals surface area contributed by atoms with E-state index in [9.17, 15) is 22.8 Å². The Morgan fingerprint density at radius 2 is 1.59 bits per heavy atom. The molecule has 2 aromatic carbocycles. The third-order valence-corrected chi connectivity index (χ3v) is 4.39. The summed E-state index contributed by atoms with van der Waals surface area (Å²) in [5.41, 5.74) is 1.95. The molecule has 0 saturated heterocycles. The molecule has 8 heteroatoms. The number of anilines is 2. The molecule has 0 aliphatic carbocycles. The number of hydrogen-bond acceptors (Lipinski definition) is 3. The molecule has 0 saturated carbocycles. The molecule has 0 aliphatic rings. The Hall–Kier alpha value is -3.68. The first kappa shape index (κ1) is 20.1. The number of nitrogens with one attached hydrogen (secondary N) is 2. The third-order valence-electron chi connectivity index (χ3n) is 4.39. The molecule has 29 heavy (non-hydrogen) atoms. The molecule has 2 amide bonds. The number of carbonyl (C=O) groups is 2. The number of pyridine rings is 1. The van der Waals surface area contributed by atoms with Crippen LogP contribution in [0.5, 0.6) is 0 Å². The molecule has 0 atom stereocenters. The summed E-state index contributed by atoms with van der Waals surface area (Å²) in [6, 6.07) is 9.68. The number of aromatic nitrogens is 1. The van der Waals surface area contributed by atoms with Gasteiger partial charge in [-0.05, 0) is 55.3 Å². The van der Waals surface area contributed by atoms with Crippen molar-refractivity contribution in [2.75, 3.05) is 10.6 Å². The predicted molar refractivity (Wildman–Crippen MR) is 102 cm³/mol. The van der Waals surface area contributed by atoms with Gasteiger partial charge in [0.05, 0.1) is 5.69 Å². The van der Waals surface area contributed by atoms with Crippen molar-refractivity contribution in [2.45, 2.75) is 13.8 Å². The molecule has 0 bridgehead atoms. The molecule has 0 aliphatic heterocycles. The highest BCUT2D eigenvalue weighted by molar-refractivity contribution is 6.08. The summed E-state index contributed by atoms with van der Waals surface area (Å²) in [4.78, 5) is 28.7. The minimum Gasteiger partial charge on any atom is -0.322 e. The maximum atomic E-state index is 13.7. The van der Waals surface area contributed by atoms with Crippen molar-refractivity contribution in [3.63, 3.8) is 0 Å². The van der Waals surface area contributed by atoms with Gasteiger partial charge in [0.1, 0.15) is 5.69 Å². The minimum atomic E-state index is -1.70. The Kier molecular flexibility index (Phi) is 5.63. The van der Waals surface area contributed by atoms with Crippen LogP contribution in [-0.2, 0) is 0 Å². The fourth-order valence-electron chi connectivity index (χ4n) is 2.59. The largest absolute Gasteiger partial charge is 0.322 e. The van der Waals surface area contributed by atoms with E-state index in [2.05, 4.69) is 15.6 Å². The highest BCUT2D eigenvalue weighted by Gasteiger charge is 2.18. The van der Waals surface area contributed by atoms with Crippen molar-refractivity contribution in [3.8, 4) is 0 Å². The lowest BCUT2D eigenvalue weighted by Crippen LogP contribution is -2.18. The van der Waals surface area contributed by atoms with Crippen molar-refractivity contribution in [1.82, 2.24) is 4.98 Å². The summed E-state index contributed by atoms with van der Waals surface area (Å²) in [5, 5.41) is 4.87. The maximum Gasteiger partial charge on any atom is 0.274 e. The molecular weight excluding hydrogens is 383 g/mol. The van der Waals surface area contributed by atoms with E-state index in [1.807, 2.05) is 19.9 Å². The average molecular weight is 399 g/mol. The van der Waals surface area contributed by atoms with Gasteiger partial charge in [-0.2, -0.15) is 0 Å². The number of nitrogens with zero attached hydrogens (tertiary/aromatic N) is 1. The van der Waals surface area contributed by atoms with E-state index in [-0.39, 0.29) is 11.3 Å². The van der Waals surface area contributed by atoms with Crippen molar-refractivity contribution in [1.29, 1.82) is 0 Å². The van der Waals surface area contributed by atoms with Crippen LogP contribution in [0.25, 0.3) is 0 Å². The van der Waals surface area contributed by atoms with E-state index in [4.69, 9.17) is 0 Å². The summed E-state index contributed by atoms with van der Waals surface area (Å²) in [6.45, 7) is 3.78. The first-order chi connectivity index (χ1) is 13.8. The number of aryl methyl sites for hydroxylation is 1. The lowest BCUT2D eigenvalue weighted by Gasteiger charge is -2.11. The summed E-state index contributed by atoms with van der Waals surface area (Å²) in [5.74, 6) is -5.94. The second kappa shape index (κ2) is 8.14. The number of carbonyl (C=O) groups excluding carboxylic acids is 2. The van der Waals surface area contributed by atoms with E-state index in [1.165, 1.54) is 18.3 Å². The average Bonchev–Trinajstić information content (AvgIpc) is 2.72. The molecular formula is C21H16F3N3O2. The van der Waals surface area contributed by atoms with Crippen LogP contribution < -0.4 is 10.6 Å². The fourth-order valence-corrected chi connectivity index (χ4v) is 2.59. The van der Waals surface area contributed by atoms with E-state index < -0.39 is 35.0 Å². The number of hydrogen-bond donors (Lipinski definition) is 2.